The van der Waals surface area contributed by atoms with Crippen molar-refractivity contribution < 1.29 is 14.7 Å². The fourth-order valence-corrected chi connectivity index (χ4v) is 0.555. The van der Waals surface area contributed by atoms with Crippen LogP contribution in [-0.4, -0.2) is 22.1 Å². The van der Waals surface area contributed by atoms with Crippen LogP contribution >= 0.6 is 0 Å². The number of hydrazine groups is 1. The van der Waals surface area contributed by atoms with E-state index in [0.717, 1.165) is 6.42 Å². The maximum atomic E-state index is 10.8. The second-order valence-electron chi connectivity index (χ2n) is 2.15. The van der Waals surface area contributed by atoms with Crippen LogP contribution in [0.25, 0.3) is 0 Å². The summed E-state index contributed by atoms with van der Waals surface area (Å²) in [7, 11) is 0. The summed E-state index contributed by atoms with van der Waals surface area (Å²) in [6.07, 6.45) is 0.296. The second-order valence-corrected chi connectivity index (χ2v) is 2.15. The molecule has 0 rings (SSSR count). The van der Waals surface area contributed by atoms with Gasteiger partial charge in [0.2, 0.25) is 5.91 Å². The number of carbonyl (C=O) groups is 2. The third kappa shape index (κ3) is 3.57. The van der Waals surface area contributed by atoms with Crippen LogP contribution < -0.4 is 5.84 Å². The van der Waals surface area contributed by atoms with Gasteiger partial charge in [0.15, 0.2) is 0 Å². The van der Waals surface area contributed by atoms with Crippen LogP contribution in [0.2, 0.25) is 0 Å². The lowest BCUT2D eigenvalue weighted by molar-refractivity contribution is -0.129. The molecule has 0 radical (unpaired) electrons. The Bertz CT molecular complexity index is 158. The maximum Gasteiger partial charge on any atom is 0.428 e. The van der Waals surface area contributed by atoms with E-state index in [9.17, 15) is 9.59 Å². The molecule has 0 aromatic heterocycles. The lowest BCUT2D eigenvalue weighted by Gasteiger charge is -2.08. The average Bonchev–Trinajstić information content (AvgIpc) is 1.98. The van der Waals surface area contributed by atoms with Crippen LogP contribution in [0, 0.1) is 0 Å². The largest absolute Gasteiger partial charge is 0.464 e. The first-order valence-corrected chi connectivity index (χ1v) is 3.40. The van der Waals surface area contributed by atoms with Crippen LogP contribution in [0.5, 0.6) is 0 Å². The molecule has 0 aliphatic heterocycles. The van der Waals surface area contributed by atoms with Crippen LogP contribution in [0.4, 0.5) is 4.79 Å². The third-order valence-electron chi connectivity index (χ3n) is 1.22. The zero-order valence-corrected chi connectivity index (χ0v) is 6.41. The summed E-state index contributed by atoms with van der Waals surface area (Å²) >= 11 is 0. The molecule has 0 aromatic carbocycles. The van der Waals surface area contributed by atoms with E-state index in [1.165, 1.54) is 0 Å². The number of carbonyl (C=O) groups excluding carboxylic acids is 1. The molecular weight excluding hydrogens is 148 g/mol. The van der Waals surface area contributed by atoms with Gasteiger partial charge in [-0.15, -0.1) is 0 Å². The molecule has 3 N–H and O–H groups in total. The van der Waals surface area contributed by atoms with Gasteiger partial charge in [0.25, 0.3) is 0 Å². The topological polar surface area (TPSA) is 83.6 Å². The summed E-state index contributed by atoms with van der Waals surface area (Å²) in [6, 6.07) is 0. The van der Waals surface area contributed by atoms with Crippen LogP contribution in [0.3, 0.4) is 0 Å². The summed E-state index contributed by atoms with van der Waals surface area (Å²) in [6.45, 7) is 1.91. The number of nitrogens with zero attached hydrogens (tertiary/aromatic N) is 1. The van der Waals surface area contributed by atoms with E-state index in [4.69, 9.17) is 10.9 Å². The standard InChI is InChI=1S/C6H12N2O3/c1-2-3-4-5(9)8(7)6(10)11/h2-4,7H2,1H3,(H,10,11). The Balaban J connectivity index is 3.74. The van der Waals surface area contributed by atoms with Gasteiger partial charge in [0.1, 0.15) is 0 Å². The van der Waals surface area contributed by atoms with Crippen molar-refractivity contribution in [1.82, 2.24) is 5.01 Å². The van der Waals surface area contributed by atoms with Gasteiger partial charge in [-0.2, -0.15) is 5.01 Å². The first-order valence-electron chi connectivity index (χ1n) is 3.40. The van der Waals surface area contributed by atoms with Gasteiger partial charge in [-0.1, -0.05) is 13.3 Å². The summed E-state index contributed by atoms with van der Waals surface area (Å²) in [5.41, 5.74) is 0. The quantitative estimate of drug-likeness (QED) is 0.359. The highest BCUT2D eigenvalue weighted by Gasteiger charge is 2.14. The van der Waals surface area contributed by atoms with E-state index in [0.29, 0.717) is 6.42 Å². The fraction of sp³-hybridized carbons (Fsp3) is 0.667. The highest BCUT2D eigenvalue weighted by Crippen LogP contribution is 1.96. The first kappa shape index (κ1) is 9.90. The van der Waals surface area contributed by atoms with Crippen molar-refractivity contribution in [1.29, 1.82) is 0 Å². The number of unbranched alkanes of at least 4 members (excludes halogenated alkanes) is 1. The van der Waals surface area contributed by atoms with Gasteiger partial charge in [0.05, 0.1) is 0 Å². The molecule has 0 aliphatic rings. The molecule has 0 bridgehead atoms. The number of hydrogen-bond donors (Lipinski definition) is 2. The molecule has 0 unspecified atom stereocenters. The zero-order valence-electron chi connectivity index (χ0n) is 6.41. The Hall–Kier alpha value is -1.10. The summed E-state index contributed by atoms with van der Waals surface area (Å²) in [5, 5.41) is 8.45. The molecule has 0 saturated carbocycles. The van der Waals surface area contributed by atoms with Gasteiger partial charge < -0.3 is 5.11 Å². The molecule has 0 fully saturated rings. The maximum absolute atomic E-state index is 10.8. The predicted octanol–water partition coefficient (Wildman–Crippen LogP) is 0.557. The molecule has 0 saturated heterocycles. The molecule has 0 aliphatic carbocycles. The van der Waals surface area contributed by atoms with Crippen molar-refractivity contribution >= 4 is 12.0 Å². The average molecular weight is 160 g/mol. The number of imide groups is 1. The zero-order chi connectivity index (χ0) is 8.85. The minimum atomic E-state index is -1.41. The highest BCUT2D eigenvalue weighted by molar-refractivity contribution is 5.90. The van der Waals surface area contributed by atoms with Gasteiger partial charge in [-0.25, -0.2) is 10.6 Å². The van der Waals surface area contributed by atoms with E-state index in [2.05, 4.69) is 0 Å². The normalized spacial score (nSPS) is 9.27. The highest BCUT2D eigenvalue weighted by atomic mass is 16.4. The van der Waals surface area contributed by atoms with E-state index in [-0.39, 0.29) is 11.4 Å². The molecule has 0 heterocycles. The van der Waals surface area contributed by atoms with Crippen LogP contribution in [0.15, 0.2) is 0 Å². The van der Waals surface area contributed by atoms with E-state index in [1.807, 2.05) is 6.92 Å². The van der Waals surface area contributed by atoms with Gasteiger partial charge in [0, 0.05) is 6.42 Å². The third-order valence-corrected chi connectivity index (χ3v) is 1.22. The molecule has 0 aromatic rings. The van der Waals surface area contributed by atoms with Crippen LogP contribution in [0.1, 0.15) is 26.2 Å². The molecule has 0 atom stereocenters. The van der Waals surface area contributed by atoms with Crippen LogP contribution in [-0.2, 0) is 4.79 Å². The van der Waals surface area contributed by atoms with E-state index >= 15 is 0 Å². The minimum absolute atomic E-state index is 0.194. The smallest absolute Gasteiger partial charge is 0.428 e. The van der Waals surface area contributed by atoms with E-state index < -0.39 is 12.0 Å². The Morgan fingerprint density at radius 2 is 2.09 bits per heavy atom. The molecule has 5 nitrogen and oxygen atoms in total. The Morgan fingerprint density at radius 1 is 1.55 bits per heavy atom. The monoisotopic (exact) mass is 160 g/mol. The first-order chi connectivity index (χ1) is 5.09. The van der Waals surface area contributed by atoms with Crippen molar-refractivity contribution in [2.24, 2.45) is 5.84 Å². The summed E-state index contributed by atoms with van der Waals surface area (Å²) in [4.78, 5) is 20.8. The fourth-order valence-electron chi connectivity index (χ4n) is 0.555. The number of nitrogens with two attached hydrogens (primary N) is 1. The molecule has 2 amide bonds. The lowest BCUT2D eigenvalue weighted by atomic mass is 10.2. The van der Waals surface area contributed by atoms with Crippen molar-refractivity contribution in [2.45, 2.75) is 26.2 Å². The molecule has 5 heteroatoms. The van der Waals surface area contributed by atoms with Crippen molar-refractivity contribution in [3.05, 3.63) is 0 Å². The summed E-state index contributed by atoms with van der Waals surface area (Å²) < 4.78 is 0. The number of amides is 2. The Morgan fingerprint density at radius 3 is 2.45 bits per heavy atom. The van der Waals surface area contributed by atoms with Gasteiger partial charge in [-0.05, 0) is 6.42 Å². The molecule has 11 heavy (non-hydrogen) atoms. The van der Waals surface area contributed by atoms with E-state index in [1.54, 1.807) is 0 Å². The second kappa shape index (κ2) is 4.68. The number of rotatable bonds is 3. The minimum Gasteiger partial charge on any atom is -0.464 e. The van der Waals surface area contributed by atoms with Crippen molar-refractivity contribution in [3.63, 3.8) is 0 Å². The lowest BCUT2D eigenvalue weighted by Crippen LogP contribution is -2.41. The van der Waals surface area contributed by atoms with Crippen molar-refractivity contribution in [2.75, 3.05) is 0 Å². The van der Waals surface area contributed by atoms with Gasteiger partial charge in [-0.3, -0.25) is 4.79 Å². The predicted molar refractivity (Wildman–Crippen MR) is 38.6 cm³/mol. The SMILES string of the molecule is CCCCC(=O)N(N)C(=O)O. The molecule has 0 spiro atoms. The summed E-state index contributed by atoms with van der Waals surface area (Å²) in [5.74, 6) is 4.33. The van der Waals surface area contributed by atoms with Crippen molar-refractivity contribution in [3.8, 4) is 0 Å². The molecule has 64 valence electrons. The number of carboxylic acid groups (broad SMARTS) is 1. The molecular formula is C6H12N2O3. The Kier molecular flexibility index (Phi) is 4.21. The Labute approximate surface area is 64.8 Å². The number of hydrogen-bond acceptors (Lipinski definition) is 3. The van der Waals surface area contributed by atoms with Gasteiger partial charge >= 0.3 is 6.09 Å².